The fourth-order valence-corrected chi connectivity index (χ4v) is 11.1. The second kappa shape index (κ2) is 33.4. The van der Waals surface area contributed by atoms with Gasteiger partial charge in [-0.25, -0.2) is 14.5 Å². The quantitative estimate of drug-likeness (QED) is 0.0228. The highest BCUT2D eigenvalue weighted by molar-refractivity contribution is 6.31. The molecule has 4 unspecified atom stereocenters. The molecule has 2 aliphatic rings. The summed E-state index contributed by atoms with van der Waals surface area (Å²) in [7, 11) is 0. The summed E-state index contributed by atoms with van der Waals surface area (Å²) >= 11 is 0. The highest BCUT2D eigenvalue weighted by Gasteiger charge is 2.41. The Hall–Kier alpha value is -5.52. The zero-order valence-corrected chi connectivity index (χ0v) is 45.5. The maximum Gasteiger partial charge on any atom is 0.338 e. The van der Waals surface area contributed by atoms with Crippen molar-refractivity contribution >= 4 is 47.8 Å². The second-order valence-electron chi connectivity index (χ2n) is 21.2. The van der Waals surface area contributed by atoms with Crippen molar-refractivity contribution in [3.05, 3.63) is 94.1 Å². The van der Waals surface area contributed by atoms with Crippen LogP contribution >= 0.6 is 0 Å². The van der Waals surface area contributed by atoms with E-state index in [9.17, 15) is 38.4 Å². The third-order valence-corrected chi connectivity index (χ3v) is 15.3. The number of nitrogens with zero attached hydrogens (tertiary/aromatic N) is 1. The molecule has 1 N–H and O–H groups in total. The lowest BCUT2D eigenvalue weighted by molar-refractivity contribution is -0.122. The van der Waals surface area contributed by atoms with Crippen LogP contribution in [0.3, 0.4) is 0 Å². The number of carbonyl (C=O) groups excluding carboxylic acids is 8. The molecule has 0 radical (unpaired) electrons. The Morgan fingerprint density at radius 3 is 1.49 bits per heavy atom. The number of esters is 2. The third kappa shape index (κ3) is 19.3. The van der Waals surface area contributed by atoms with Crippen molar-refractivity contribution in [3.63, 3.8) is 0 Å². The van der Waals surface area contributed by atoms with Crippen LogP contribution in [0.25, 0.3) is 0 Å². The van der Waals surface area contributed by atoms with E-state index in [1.165, 1.54) is 179 Å². The minimum Gasteiger partial charge on any atom is -0.462 e. The van der Waals surface area contributed by atoms with Gasteiger partial charge in [0.05, 0.1) is 41.0 Å². The van der Waals surface area contributed by atoms with Crippen LogP contribution in [0.2, 0.25) is 0 Å². The standard InChI is InChI=1S/C62H88N2O10/c1-7-9-11-13-19-25-31-51-46(29-23-12-10-8-2)33-34-47(30-24-18-14-16-21-27-39-73-61(71)48-35-37-53(50(41-48)43-65)57(67)63-56(66)44(3)4)52(51)32-26-20-15-17-22-28-40-74-62(72)49-36-38-54-55(42-49)60(70)64(59(54)69)58(68)45(5)6/h35-38,41-43,46-47,51-52H,3,5,7-34,39-40H2,1-2,4,6H3,(H,63,66,67). The minimum absolute atomic E-state index is 0.00322. The number of fused-ring (bicyclic) bond motifs is 1. The van der Waals surface area contributed by atoms with Crippen molar-refractivity contribution in [1.82, 2.24) is 10.2 Å². The molecule has 5 amide bonds. The van der Waals surface area contributed by atoms with Crippen molar-refractivity contribution < 1.29 is 47.8 Å². The smallest absolute Gasteiger partial charge is 0.338 e. The molecule has 12 heteroatoms. The molecule has 4 atom stereocenters. The first-order valence-electron chi connectivity index (χ1n) is 28.4. The van der Waals surface area contributed by atoms with Crippen molar-refractivity contribution in [2.24, 2.45) is 23.7 Å². The maximum atomic E-state index is 12.9. The molecular weight excluding hydrogens is 933 g/mol. The molecule has 2 aromatic rings. The van der Waals surface area contributed by atoms with Crippen LogP contribution in [0.15, 0.2) is 60.7 Å². The van der Waals surface area contributed by atoms with Gasteiger partial charge in [-0.3, -0.25) is 34.1 Å². The fraction of sp³-hybridized carbons (Fsp3) is 0.613. The van der Waals surface area contributed by atoms with E-state index in [1.807, 2.05) is 0 Å². The molecule has 1 fully saturated rings. The molecule has 12 nitrogen and oxygen atoms in total. The average Bonchev–Trinajstić information content (AvgIpc) is 3.64. The number of nitrogens with one attached hydrogen (secondary N) is 1. The number of hydrogen-bond acceptors (Lipinski definition) is 10. The highest BCUT2D eigenvalue weighted by Crippen LogP contribution is 2.48. The number of unbranched alkanes of at least 4 members (excludes halogenated alkanes) is 18. The van der Waals surface area contributed by atoms with Crippen molar-refractivity contribution in [3.8, 4) is 0 Å². The zero-order chi connectivity index (χ0) is 53.8. The number of carbonyl (C=O) groups is 8. The molecule has 0 saturated heterocycles. The van der Waals surface area contributed by atoms with E-state index in [0.717, 1.165) is 75.0 Å². The van der Waals surface area contributed by atoms with Crippen LogP contribution in [-0.2, 0) is 19.1 Å². The van der Waals surface area contributed by atoms with Crippen LogP contribution < -0.4 is 5.32 Å². The van der Waals surface area contributed by atoms with Crippen LogP contribution in [0, 0.1) is 23.7 Å². The van der Waals surface area contributed by atoms with E-state index in [1.54, 1.807) is 0 Å². The van der Waals surface area contributed by atoms with E-state index in [2.05, 4.69) is 32.3 Å². The molecular formula is C62H88N2O10. The Labute approximate surface area is 442 Å². The van der Waals surface area contributed by atoms with Gasteiger partial charge in [0, 0.05) is 16.7 Å². The fourth-order valence-electron chi connectivity index (χ4n) is 11.1. The van der Waals surface area contributed by atoms with Crippen LogP contribution in [0.1, 0.15) is 270 Å². The Bertz CT molecular complexity index is 2230. The van der Waals surface area contributed by atoms with E-state index < -0.39 is 41.5 Å². The van der Waals surface area contributed by atoms with Gasteiger partial charge >= 0.3 is 11.9 Å². The van der Waals surface area contributed by atoms with E-state index in [-0.39, 0.29) is 57.7 Å². The summed E-state index contributed by atoms with van der Waals surface area (Å²) in [6.07, 6.45) is 34.7. The van der Waals surface area contributed by atoms with Gasteiger partial charge in [0.2, 0.25) is 0 Å². The number of amides is 5. The maximum absolute atomic E-state index is 12.9. The van der Waals surface area contributed by atoms with Gasteiger partial charge in [0.25, 0.3) is 29.5 Å². The first kappa shape index (κ1) is 61.0. The van der Waals surface area contributed by atoms with Crippen molar-refractivity contribution in [2.45, 2.75) is 207 Å². The number of imide groups is 4. The van der Waals surface area contributed by atoms with Gasteiger partial charge in [-0.2, -0.15) is 0 Å². The van der Waals surface area contributed by atoms with E-state index in [4.69, 9.17) is 9.47 Å². The summed E-state index contributed by atoms with van der Waals surface area (Å²) in [6, 6.07) is 8.28. The van der Waals surface area contributed by atoms with Gasteiger partial charge < -0.3 is 9.47 Å². The second-order valence-corrected chi connectivity index (χ2v) is 21.2. The Balaban J connectivity index is 1.21. The molecule has 0 bridgehead atoms. The molecule has 1 heterocycles. The van der Waals surface area contributed by atoms with Gasteiger partial charge in [-0.15, -0.1) is 0 Å². The number of ether oxygens (including phenoxy) is 2. The first-order chi connectivity index (χ1) is 35.7. The van der Waals surface area contributed by atoms with Gasteiger partial charge in [-0.1, -0.05) is 168 Å². The zero-order valence-electron chi connectivity index (χ0n) is 45.5. The highest BCUT2D eigenvalue weighted by atomic mass is 16.5. The molecule has 0 aromatic heterocycles. The van der Waals surface area contributed by atoms with Crippen molar-refractivity contribution in [2.75, 3.05) is 13.2 Å². The van der Waals surface area contributed by atoms with Crippen LogP contribution in [0.4, 0.5) is 0 Å². The molecule has 1 aliphatic carbocycles. The molecule has 1 saturated carbocycles. The summed E-state index contributed by atoms with van der Waals surface area (Å²) in [5.74, 6) is -1.48. The van der Waals surface area contributed by atoms with E-state index in [0.29, 0.717) is 11.2 Å². The lowest BCUT2D eigenvalue weighted by atomic mass is 9.61. The number of rotatable bonds is 36. The largest absolute Gasteiger partial charge is 0.462 e. The first-order valence-corrected chi connectivity index (χ1v) is 28.4. The summed E-state index contributed by atoms with van der Waals surface area (Å²) < 4.78 is 11.1. The lowest BCUT2D eigenvalue weighted by Gasteiger charge is -2.44. The van der Waals surface area contributed by atoms with Crippen molar-refractivity contribution in [1.29, 1.82) is 0 Å². The Morgan fingerprint density at radius 1 is 0.568 bits per heavy atom. The van der Waals surface area contributed by atoms with Gasteiger partial charge in [0.15, 0.2) is 6.29 Å². The normalized spacial score (nSPS) is 17.2. The molecule has 2 aromatic carbocycles. The third-order valence-electron chi connectivity index (χ3n) is 15.3. The summed E-state index contributed by atoms with van der Waals surface area (Å²) in [4.78, 5) is 100. The van der Waals surface area contributed by atoms with Crippen LogP contribution in [-0.4, -0.2) is 65.9 Å². The molecule has 74 heavy (non-hydrogen) atoms. The molecule has 0 spiro atoms. The predicted octanol–water partition coefficient (Wildman–Crippen LogP) is 14.5. The summed E-state index contributed by atoms with van der Waals surface area (Å²) in [6.45, 7) is 15.1. The molecule has 1 aliphatic heterocycles. The monoisotopic (exact) mass is 1020 g/mol. The van der Waals surface area contributed by atoms with Gasteiger partial charge in [0.1, 0.15) is 0 Å². The summed E-state index contributed by atoms with van der Waals surface area (Å²) in [5.41, 5.74) is 0.673. The minimum atomic E-state index is -0.755. The average molecular weight is 1020 g/mol. The number of aldehydes is 1. The Morgan fingerprint density at radius 2 is 1.00 bits per heavy atom. The van der Waals surface area contributed by atoms with E-state index >= 15 is 0 Å². The topological polar surface area (TPSA) is 170 Å². The molecule has 4 rings (SSSR count). The Kier molecular flexibility index (Phi) is 27.6. The van der Waals surface area contributed by atoms with Crippen LogP contribution in [0.5, 0.6) is 0 Å². The number of hydrogen-bond donors (Lipinski definition) is 1. The molecule has 406 valence electrons. The lowest BCUT2D eigenvalue weighted by Crippen LogP contribution is -2.36. The SMILES string of the molecule is C=C(C)C(=O)NC(=O)c1ccc(C(=O)OCCCCCCCCC2CCC(CCCCCC)C(CCCCCCCC)C2CCCCCCCCOC(=O)c2ccc3c(c2)C(=O)N(C(=O)C(=C)C)C3=O)cc1C=O. The van der Waals surface area contributed by atoms with Gasteiger partial charge in [-0.05, 0) is 112 Å². The number of benzene rings is 2. The summed E-state index contributed by atoms with van der Waals surface area (Å²) in [5, 5.41) is 2.18. The predicted molar refractivity (Wildman–Crippen MR) is 291 cm³/mol.